The van der Waals surface area contributed by atoms with E-state index in [1.807, 2.05) is 13.2 Å². The van der Waals surface area contributed by atoms with Gasteiger partial charge in [0.1, 0.15) is 17.0 Å². The number of primary amides is 1. The number of nitrogens with one attached hydrogen (secondary N) is 1. The minimum absolute atomic E-state index is 0.151. The minimum Gasteiger partial charge on any atom is -0.455 e. The molecular weight excluding hydrogens is 372 g/mol. The Hall–Kier alpha value is -4.27. The molecule has 9 nitrogen and oxygen atoms in total. The number of pyridine rings is 3. The maximum atomic E-state index is 11.8. The van der Waals surface area contributed by atoms with E-state index in [4.69, 9.17) is 10.5 Å². The van der Waals surface area contributed by atoms with Crippen molar-refractivity contribution in [3.05, 3.63) is 77.2 Å². The van der Waals surface area contributed by atoms with Crippen LogP contribution in [0.25, 0.3) is 22.5 Å². The summed E-state index contributed by atoms with van der Waals surface area (Å²) in [5.41, 5.74) is 7.07. The molecule has 0 atom stereocenters. The topological polar surface area (TPSA) is 129 Å². The molecule has 9 heteroatoms. The maximum Gasteiger partial charge on any atom is 0.260 e. The number of hydrogen-bond acceptors (Lipinski definition) is 6. The van der Waals surface area contributed by atoms with Crippen molar-refractivity contribution in [3.63, 3.8) is 0 Å². The Balaban J connectivity index is 1.71. The van der Waals surface area contributed by atoms with E-state index >= 15 is 0 Å². The number of nitrogens with zero attached hydrogens (tertiary/aromatic N) is 4. The lowest BCUT2D eigenvalue weighted by Gasteiger charge is -2.11. The summed E-state index contributed by atoms with van der Waals surface area (Å²) in [6.45, 7) is 0. The van der Waals surface area contributed by atoms with Gasteiger partial charge in [0, 0.05) is 49.0 Å². The first kappa shape index (κ1) is 18.1. The average Bonchev–Trinajstić information content (AvgIpc) is 3.15. The predicted molar refractivity (Wildman–Crippen MR) is 105 cm³/mol. The summed E-state index contributed by atoms with van der Waals surface area (Å²) < 4.78 is 7.72. The van der Waals surface area contributed by atoms with Crippen LogP contribution in [0.2, 0.25) is 0 Å². The molecule has 3 N–H and O–H groups in total. The Labute approximate surface area is 164 Å². The van der Waals surface area contributed by atoms with E-state index in [0.29, 0.717) is 28.5 Å². The van der Waals surface area contributed by atoms with E-state index in [1.165, 1.54) is 12.3 Å². The summed E-state index contributed by atoms with van der Waals surface area (Å²) in [4.78, 5) is 34.4. The van der Waals surface area contributed by atoms with Gasteiger partial charge >= 0.3 is 0 Å². The molecule has 0 saturated carbocycles. The zero-order valence-electron chi connectivity index (χ0n) is 15.4. The first-order chi connectivity index (χ1) is 14.0. The highest BCUT2D eigenvalue weighted by Gasteiger charge is 2.14. The fourth-order valence-corrected chi connectivity index (χ4v) is 2.81. The molecule has 144 valence electrons. The molecule has 4 heterocycles. The third-order valence-corrected chi connectivity index (χ3v) is 4.17. The van der Waals surface area contributed by atoms with E-state index in [9.17, 15) is 9.59 Å². The summed E-state index contributed by atoms with van der Waals surface area (Å²) in [6.07, 6.45) is 8.25. The van der Waals surface area contributed by atoms with E-state index in [1.54, 1.807) is 47.5 Å². The standard InChI is InChI=1S/C20H16N6O3/c1-26-11-13(10-25-26)16-8-14(4-6-22-16)29-17-3-2-5-23-18(17)12-7-15(19(21)27)20(28)24-9-12/h2-11H,1H3,(H2,21,27)(H,24,28). The van der Waals surface area contributed by atoms with Crippen LogP contribution in [0, 0.1) is 0 Å². The Kier molecular flexibility index (Phi) is 4.62. The van der Waals surface area contributed by atoms with Crippen LogP contribution < -0.4 is 16.0 Å². The van der Waals surface area contributed by atoms with Crippen LogP contribution in [-0.2, 0) is 7.05 Å². The molecule has 0 aliphatic heterocycles. The van der Waals surface area contributed by atoms with Crippen molar-refractivity contribution >= 4 is 5.91 Å². The molecule has 0 spiro atoms. The van der Waals surface area contributed by atoms with Crippen LogP contribution >= 0.6 is 0 Å². The quantitative estimate of drug-likeness (QED) is 0.539. The van der Waals surface area contributed by atoms with Gasteiger partial charge in [-0.3, -0.25) is 24.2 Å². The van der Waals surface area contributed by atoms with Gasteiger partial charge < -0.3 is 15.5 Å². The van der Waals surface area contributed by atoms with Crippen LogP contribution in [0.15, 0.2) is 66.1 Å². The van der Waals surface area contributed by atoms with Crippen LogP contribution in [-0.4, -0.2) is 30.6 Å². The number of nitrogens with two attached hydrogens (primary N) is 1. The van der Waals surface area contributed by atoms with E-state index < -0.39 is 11.5 Å². The van der Waals surface area contributed by atoms with E-state index in [-0.39, 0.29) is 5.56 Å². The Morgan fingerprint density at radius 2 is 2.03 bits per heavy atom. The van der Waals surface area contributed by atoms with E-state index in [0.717, 1.165) is 5.56 Å². The molecule has 0 aliphatic carbocycles. The number of aryl methyl sites for hydroxylation is 1. The summed E-state index contributed by atoms with van der Waals surface area (Å²) in [7, 11) is 1.83. The fourth-order valence-electron chi connectivity index (χ4n) is 2.81. The first-order valence-electron chi connectivity index (χ1n) is 8.62. The molecule has 0 aliphatic rings. The highest BCUT2D eigenvalue weighted by atomic mass is 16.5. The number of hydrogen-bond donors (Lipinski definition) is 2. The van der Waals surface area contributed by atoms with Crippen molar-refractivity contribution in [2.24, 2.45) is 12.8 Å². The lowest BCUT2D eigenvalue weighted by Crippen LogP contribution is -2.23. The Bertz CT molecular complexity index is 1260. The minimum atomic E-state index is -0.818. The van der Waals surface area contributed by atoms with Crippen molar-refractivity contribution in [1.29, 1.82) is 0 Å². The van der Waals surface area contributed by atoms with Gasteiger partial charge in [0.2, 0.25) is 0 Å². The van der Waals surface area contributed by atoms with Crippen LogP contribution in [0.4, 0.5) is 0 Å². The number of H-pyrrole nitrogens is 1. The number of rotatable bonds is 5. The maximum absolute atomic E-state index is 11.8. The van der Waals surface area contributed by atoms with Gasteiger partial charge in [0.25, 0.3) is 11.5 Å². The van der Waals surface area contributed by atoms with Gasteiger partial charge in [-0.05, 0) is 24.3 Å². The highest BCUT2D eigenvalue weighted by molar-refractivity contribution is 5.93. The van der Waals surface area contributed by atoms with Crippen molar-refractivity contribution in [2.75, 3.05) is 0 Å². The number of carbonyl (C=O) groups excluding carboxylic acids is 1. The number of aromatic amines is 1. The first-order valence-corrected chi connectivity index (χ1v) is 8.62. The number of ether oxygens (including phenoxy) is 1. The van der Waals surface area contributed by atoms with Crippen molar-refractivity contribution in [1.82, 2.24) is 24.7 Å². The summed E-state index contributed by atoms with van der Waals surface area (Å²) in [5.74, 6) is 0.174. The molecule has 0 fully saturated rings. The van der Waals surface area contributed by atoms with Gasteiger partial charge in [-0.2, -0.15) is 5.10 Å². The number of aromatic nitrogens is 5. The fraction of sp³-hybridized carbons (Fsp3) is 0.0500. The zero-order chi connectivity index (χ0) is 20.4. The number of carbonyl (C=O) groups is 1. The second-order valence-electron chi connectivity index (χ2n) is 6.23. The van der Waals surface area contributed by atoms with Crippen LogP contribution in [0.5, 0.6) is 11.5 Å². The lowest BCUT2D eigenvalue weighted by atomic mass is 10.1. The number of amides is 1. The third kappa shape index (κ3) is 3.74. The molecule has 0 aromatic carbocycles. The normalized spacial score (nSPS) is 10.7. The molecule has 4 aromatic rings. The summed E-state index contributed by atoms with van der Waals surface area (Å²) in [6, 6.07) is 8.36. The van der Waals surface area contributed by atoms with Crippen LogP contribution in [0.3, 0.4) is 0 Å². The largest absolute Gasteiger partial charge is 0.455 e. The third-order valence-electron chi connectivity index (χ3n) is 4.17. The molecule has 0 radical (unpaired) electrons. The molecule has 0 unspecified atom stereocenters. The van der Waals surface area contributed by atoms with Crippen LogP contribution in [0.1, 0.15) is 10.4 Å². The molecule has 0 bridgehead atoms. The molecule has 1 amide bonds. The van der Waals surface area contributed by atoms with E-state index in [2.05, 4.69) is 20.1 Å². The van der Waals surface area contributed by atoms with Gasteiger partial charge in [-0.25, -0.2) is 0 Å². The van der Waals surface area contributed by atoms with Gasteiger partial charge in [0.15, 0.2) is 5.75 Å². The zero-order valence-corrected chi connectivity index (χ0v) is 15.4. The molecule has 4 rings (SSSR count). The van der Waals surface area contributed by atoms with Crippen molar-refractivity contribution in [3.8, 4) is 34.0 Å². The summed E-state index contributed by atoms with van der Waals surface area (Å²) >= 11 is 0. The van der Waals surface area contributed by atoms with Gasteiger partial charge in [0.05, 0.1) is 11.9 Å². The monoisotopic (exact) mass is 388 g/mol. The second kappa shape index (κ2) is 7.39. The summed E-state index contributed by atoms with van der Waals surface area (Å²) in [5, 5.41) is 4.15. The average molecular weight is 388 g/mol. The highest BCUT2D eigenvalue weighted by Crippen LogP contribution is 2.32. The van der Waals surface area contributed by atoms with Gasteiger partial charge in [-0.1, -0.05) is 0 Å². The SMILES string of the molecule is Cn1cc(-c2cc(Oc3cccnc3-c3c[nH]c(=O)c(C(N)=O)c3)ccn2)cn1. The lowest BCUT2D eigenvalue weighted by molar-refractivity contribution is 0.0999. The smallest absolute Gasteiger partial charge is 0.260 e. The Morgan fingerprint density at radius 3 is 2.79 bits per heavy atom. The van der Waals surface area contributed by atoms with Crippen molar-refractivity contribution < 1.29 is 9.53 Å². The molecule has 0 saturated heterocycles. The van der Waals surface area contributed by atoms with Gasteiger partial charge in [-0.15, -0.1) is 0 Å². The molecule has 29 heavy (non-hydrogen) atoms. The molecule has 4 aromatic heterocycles. The Morgan fingerprint density at radius 1 is 1.17 bits per heavy atom. The molecular formula is C20H16N6O3. The second-order valence-corrected chi connectivity index (χ2v) is 6.23. The van der Waals surface area contributed by atoms with Crippen molar-refractivity contribution in [2.45, 2.75) is 0 Å². The predicted octanol–water partition coefficient (Wildman–Crippen LogP) is 2.12.